The van der Waals surface area contributed by atoms with Gasteiger partial charge in [0.15, 0.2) is 0 Å². The number of nitrogens with one attached hydrogen (secondary N) is 1. The number of carbonyl (C=O) groups excluding carboxylic acids is 1. The van der Waals surface area contributed by atoms with Crippen molar-refractivity contribution in [1.29, 1.82) is 0 Å². The van der Waals surface area contributed by atoms with E-state index in [1.807, 2.05) is 0 Å². The van der Waals surface area contributed by atoms with Crippen molar-refractivity contribution in [3.05, 3.63) is 29.8 Å². The van der Waals surface area contributed by atoms with Crippen molar-refractivity contribution in [1.82, 2.24) is 5.32 Å². The summed E-state index contributed by atoms with van der Waals surface area (Å²) in [6.45, 7) is -1.05. The van der Waals surface area contributed by atoms with Crippen LogP contribution in [0.2, 0.25) is 0 Å². The Kier molecular flexibility index (Phi) is 6.01. The number of ether oxygens (including phenoxy) is 2. The van der Waals surface area contributed by atoms with Crippen molar-refractivity contribution in [2.75, 3.05) is 13.2 Å². The van der Waals surface area contributed by atoms with E-state index in [0.29, 0.717) is 5.56 Å². The summed E-state index contributed by atoms with van der Waals surface area (Å²) in [6, 6.07) is 5.48. The molecular formula is C12H16F2N2O3. The lowest BCUT2D eigenvalue weighted by Gasteiger charge is -2.19. The van der Waals surface area contributed by atoms with Crippen molar-refractivity contribution in [3.8, 4) is 5.75 Å². The van der Waals surface area contributed by atoms with Gasteiger partial charge in [-0.2, -0.15) is 8.78 Å². The minimum absolute atomic E-state index is 0.0234. The number of alkyl halides is 2. The highest BCUT2D eigenvalue weighted by Crippen LogP contribution is 2.26. The Balaban J connectivity index is 2.88. The number of halogens is 2. The fourth-order valence-corrected chi connectivity index (χ4v) is 1.55. The molecular weight excluding hydrogens is 258 g/mol. The molecule has 0 heterocycles. The highest BCUT2D eigenvalue weighted by atomic mass is 19.3. The van der Waals surface area contributed by atoms with Crippen LogP contribution in [0.25, 0.3) is 0 Å². The van der Waals surface area contributed by atoms with Gasteiger partial charge < -0.3 is 20.5 Å². The van der Waals surface area contributed by atoms with Crippen LogP contribution in [0, 0.1) is 0 Å². The number of hydrogen-bond donors (Lipinski definition) is 2. The van der Waals surface area contributed by atoms with E-state index in [9.17, 15) is 13.6 Å². The van der Waals surface area contributed by atoms with E-state index in [2.05, 4.69) is 10.1 Å². The van der Waals surface area contributed by atoms with E-state index < -0.39 is 18.7 Å². The number of amides is 1. The van der Waals surface area contributed by atoms with E-state index in [1.54, 1.807) is 25.1 Å². The lowest BCUT2D eigenvalue weighted by molar-refractivity contribution is -0.0506. The van der Waals surface area contributed by atoms with E-state index in [1.165, 1.54) is 6.07 Å². The Morgan fingerprint density at radius 3 is 2.68 bits per heavy atom. The van der Waals surface area contributed by atoms with Gasteiger partial charge in [0.2, 0.25) is 0 Å². The Morgan fingerprint density at radius 1 is 1.42 bits per heavy atom. The van der Waals surface area contributed by atoms with Crippen LogP contribution < -0.4 is 15.8 Å². The minimum atomic E-state index is -2.94. The summed E-state index contributed by atoms with van der Waals surface area (Å²) in [5.74, 6) is -0.0234. The average Bonchev–Trinajstić information content (AvgIpc) is 2.36. The van der Waals surface area contributed by atoms with Gasteiger partial charge in [-0.05, 0) is 13.0 Å². The molecule has 0 aliphatic rings. The molecule has 1 atom stereocenters. The standard InChI is InChI=1S/C12H16F2N2O3/c1-2-18-12(17)16-9(7-15)8-5-3-4-6-10(8)19-11(13)14/h3-6,9,11H,2,7,15H2,1H3,(H,16,17). The molecule has 1 rings (SSSR count). The smallest absolute Gasteiger partial charge is 0.407 e. The first-order valence-electron chi connectivity index (χ1n) is 5.75. The van der Waals surface area contributed by atoms with Gasteiger partial charge in [-0.15, -0.1) is 0 Å². The van der Waals surface area contributed by atoms with Crippen molar-refractivity contribution < 1.29 is 23.0 Å². The third-order valence-corrected chi connectivity index (χ3v) is 2.31. The first-order chi connectivity index (χ1) is 9.08. The van der Waals surface area contributed by atoms with Gasteiger partial charge in [-0.1, -0.05) is 18.2 Å². The van der Waals surface area contributed by atoms with E-state index in [0.717, 1.165) is 0 Å². The van der Waals surface area contributed by atoms with E-state index in [-0.39, 0.29) is 18.9 Å². The first-order valence-corrected chi connectivity index (χ1v) is 5.75. The topological polar surface area (TPSA) is 73.6 Å². The van der Waals surface area contributed by atoms with Crippen molar-refractivity contribution >= 4 is 6.09 Å². The molecule has 19 heavy (non-hydrogen) atoms. The molecule has 0 radical (unpaired) electrons. The maximum atomic E-state index is 12.3. The molecule has 0 aliphatic heterocycles. The maximum absolute atomic E-state index is 12.3. The predicted octanol–water partition coefficient (Wildman–Crippen LogP) is 2.03. The number of carbonyl (C=O) groups is 1. The fraction of sp³-hybridized carbons (Fsp3) is 0.417. The number of para-hydroxylation sites is 1. The average molecular weight is 274 g/mol. The lowest BCUT2D eigenvalue weighted by atomic mass is 10.1. The second-order valence-corrected chi connectivity index (χ2v) is 3.57. The summed E-state index contributed by atoms with van der Waals surface area (Å²) in [7, 11) is 0. The Morgan fingerprint density at radius 2 is 2.11 bits per heavy atom. The number of rotatable bonds is 6. The van der Waals surface area contributed by atoms with Gasteiger partial charge in [-0.3, -0.25) is 0 Å². The van der Waals surface area contributed by atoms with Crippen LogP contribution in [0.5, 0.6) is 5.75 Å². The SMILES string of the molecule is CCOC(=O)NC(CN)c1ccccc1OC(F)F. The molecule has 3 N–H and O–H groups in total. The molecule has 1 amide bonds. The molecule has 0 aromatic heterocycles. The van der Waals surface area contributed by atoms with Crippen LogP contribution in [0.4, 0.5) is 13.6 Å². The van der Waals surface area contributed by atoms with Crippen LogP contribution >= 0.6 is 0 Å². The van der Waals surface area contributed by atoms with Gasteiger partial charge in [0.05, 0.1) is 12.6 Å². The molecule has 0 bridgehead atoms. The lowest BCUT2D eigenvalue weighted by Crippen LogP contribution is -2.34. The van der Waals surface area contributed by atoms with Gasteiger partial charge >= 0.3 is 12.7 Å². The first kappa shape index (κ1) is 15.2. The van der Waals surface area contributed by atoms with Gasteiger partial charge in [0, 0.05) is 12.1 Å². The third kappa shape index (κ3) is 4.70. The molecule has 0 spiro atoms. The Labute approximate surface area is 109 Å². The molecule has 5 nitrogen and oxygen atoms in total. The fourth-order valence-electron chi connectivity index (χ4n) is 1.55. The summed E-state index contributed by atoms with van der Waals surface area (Å²) in [5.41, 5.74) is 5.91. The van der Waals surface area contributed by atoms with Crippen LogP contribution in [-0.4, -0.2) is 25.9 Å². The second-order valence-electron chi connectivity index (χ2n) is 3.57. The Hall–Kier alpha value is -1.89. The summed E-state index contributed by atoms with van der Waals surface area (Å²) in [6.07, 6.45) is -0.662. The second kappa shape index (κ2) is 7.52. The molecule has 0 aliphatic carbocycles. The highest BCUT2D eigenvalue weighted by Gasteiger charge is 2.19. The van der Waals surface area contributed by atoms with Crippen molar-refractivity contribution in [2.24, 2.45) is 5.73 Å². The molecule has 7 heteroatoms. The molecule has 0 fully saturated rings. The molecule has 106 valence electrons. The Bertz CT molecular complexity index is 416. The predicted molar refractivity (Wildman–Crippen MR) is 65.0 cm³/mol. The summed E-state index contributed by atoms with van der Waals surface area (Å²) < 4.78 is 33.7. The number of hydrogen-bond acceptors (Lipinski definition) is 4. The minimum Gasteiger partial charge on any atom is -0.450 e. The monoisotopic (exact) mass is 274 g/mol. The number of benzene rings is 1. The van der Waals surface area contributed by atoms with Gasteiger partial charge in [0.1, 0.15) is 5.75 Å². The van der Waals surface area contributed by atoms with Crippen molar-refractivity contribution in [3.63, 3.8) is 0 Å². The number of nitrogens with two attached hydrogens (primary N) is 1. The van der Waals surface area contributed by atoms with Crippen LogP contribution in [-0.2, 0) is 4.74 Å². The normalized spacial score (nSPS) is 12.1. The van der Waals surface area contributed by atoms with Gasteiger partial charge in [-0.25, -0.2) is 4.79 Å². The van der Waals surface area contributed by atoms with E-state index >= 15 is 0 Å². The van der Waals surface area contributed by atoms with E-state index in [4.69, 9.17) is 10.5 Å². The summed E-state index contributed by atoms with van der Waals surface area (Å²) in [4.78, 5) is 11.3. The zero-order valence-corrected chi connectivity index (χ0v) is 10.4. The van der Waals surface area contributed by atoms with Crippen molar-refractivity contribution in [2.45, 2.75) is 19.6 Å². The summed E-state index contributed by atoms with van der Waals surface area (Å²) >= 11 is 0. The van der Waals surface area contributed by atoms with Gasteiger partial charge in [0.25, 0.3) is 0 Å². The van der Waals surface area contributed by atoms with Crippen LogP contribution in [0.3, 0.4) is 0 Å². The zero-order valence-electron chi connectivity index (χ0n) is 10.4. The largest absolute Gasteiger partial charge is 0.450 e. The highest BCUT2D eigenvalue weighted by molar-refractivity contribution is 5.68. The molecule has 1 aromatic carbocycles. The zero-order chi connectivity index (χ0) is 14.3. The van der Waals surface area contributed by atoms with Crippen LogP contribution in [0.15, 0.2) is 24.3 Å². The summed E-state index contributed by atoms with van der Waals surface area (Å²) in [5, 5.41) is 2.49. The molecule has 1 unspecified atom stereocenters. The molecule has 0 saturated heterocycles. The third-order valence-electron chi connectivity index (χ3n) is 2.31. The molecule has 1 aromatic rings. The quantitative estimate of drug-likeness (QED) is 0.832. The molecule has 0 saturated carbocycles. The van der Waals surface area contributed by atoms with Crippen LogP contribution in [0.1, 0.15) is 18.5 Å². The maximum Gasteiger partial charge on any atom is 0.407 e. The number of alkyl carbamates (subject to hydrolysis) is 1.